The highest BCUT2D eigenvalue weighted by Gasteiger charge is 2.45. The summed E-state index contributed by atoms with van der Waals surface area (Å²) in [6.07, 6.45) is 13.2. The second-order valence-corrected chi connectivity index (χ2v) is 20.0. The Labute approximate surface area is 403 Å². The lowest BCUT2D eigenvalue weighted by molar-refractivity contribution is -0.142. The number of piperidine rings is 2. The number of ether oxygens (including phenoxy) is 1. The highest BCUT2D eigenvalue weighted by molar-refractivity contribution is 5.93. The van der Waals surface area contributed by atoms with E-state index in [1.807, 2.05) is 51.4 Å². The first-order chi connectivity index (χ1) is 33.2. The largest absolute Gasteiger partial charge is 0.507 e. The summed E-state index contributed by atoms with van der Waals surface area (Å²) in [6.45, 7) is 11.8. The molecule has 5 N–H and O–H groups in total. The molecule has 4 atom stereocenters. The Bertz CT molecular complexity index is 2730. The number of para-hydroxylation sites is 1. The number of β-amino-alcohol motifs (C(OH)–C–C–N with tert-alkyl or cyclic N) is 1. The number of benzene rings is 2. The van der Waals surface area contributed by atoms with Crippen molar-refractivity contribution in [1.82, 2.24) is 50.5 Å². The Morgan fingerprint density at radius 1 is 0.986 bits per heavy atom. The normalized spacial score (nSPS) is 20.9. The molecule has 0 spiro atoms. The van der Waals surface area contributed by atoms with Crippen molar-refractivity contribution in [2.24, 2.45) is 5.41 Å². The minimum Gasteiger partial charge on any atom is -0.507 e. The third-order valence-corrected chi connectivity index (χ3v) is 14.7. The topological polar surface area (TPSA) is 205 Å². The molecule has 3 saturated heterocycles. The van der Waals surface area contributed by atoms with Crippen molar-refractivity contribution >= 4 is 34.8 Å². The van der Waals surface area contributed by atoms with Crippen LogP contribution in [0.15, 0.2) is 60.9 Å². The van der Waals surface area contributed by atoms with Crippen molar-refractivity contribution in [3.63, 3.8) is 0 Å². The van der Waals surface area contributed by atoms with E-state index >= 15 is 0 Å². The fourth-order valence-corrected chi connectivity index (χ4v) is 10.7. The lowest BCUT2D eigenvalue weighted by Crippen LogP contribution is -2.60. The Hall–Kier alpha value is -6.77. The van der Waals surface area contributed by atoms with Crippen LogP contribution in [0.25, 0.3) is 22.3 Å². The number of urea groups is 1. The zero-order valence-corrected chi connectivity index (χ0v) is 40.1. The van der Waals surface area contributed by atoms with Crippen LogP contribution in [0.1, 0.15) is 99.7 Å². The van der Waals surface area contributed by atoms with E-state index in [9.17, 15) is 24.6 Å². The van der Waals surface area contributed by atoms with Gasteiger partial charge >= 0.3 is 6.03 Å². The van der Waals surface area contributed by atoms with Crippen molar-refractivity contribution in [3.05, 3.63) is 88.9 Å². The van der Waals surface area contributed by atoms with Crippen molar-refractivity contribution < 1.29 is 29.3 Å². The van der Waals surface area contributed by atoms with E-state index in [4.69, 9.17) is 21.1 Å². The van der Waals surface area contributed by atoms with E-state index in [0.717, 1.165) is 85.2 Å². The number of phenols is 1. The fraction of sp³-hybridized carbons (Fsp3) is 0.481. The average molecular weight is 938 g/mol. The maximum Gasteiger partial charge on any atom is 0.318 e. The molecule has 3 aromatic heterocycles. The summed E-state index contributed by atoms with van der Waals surface area (Å²) in [5.41, 5.74) is 6.13. The van der Waals surface area contributed by atoms with E-state index in [2.05, 4.69) is 48.5 Å². The second kappa shape index (κ2) is 19.7. The van der Waals surface area contributed by atoms with E-state index in [0.29, 0.717) is 53.6 Å². The number of hydrogen-bond donors (Lipinski definition) is 5. The number of phenolic OH excluding ortho intramolecular Hbond substituents is 1. The van der Waals surface area contributed by atoms with Gasteiger partial charge in [-0.2, -0.15) is 0 Å². The maximum atomic E-state index is 14.3. The number of aromatic nitrogens is 5. The van der Waals surface area contributed by atoms with Gasteiger partial charge in [-0.1, -0.05) is 44.9 Å². The molecule has 7 heterocycles. The van der Waals surface area contributed by atoms with Gasteiger partial charge in [-0.25, -0.2) is 14.8 Å². The van der Waals surface area contributed by atoms with E-state index in [1.165, 1.54) is 12.0 Å². The summed E-state index contributed by atoms with van der Waals surface area (Å²) in [5, 5.41) is 37.0. The molecular formula is C52H63N11O6. The van der Waals surface area contributed by atoms with Crippen LogP contribution in [0.5, 0.6) is 11.5 Å². The maximum absolute atomic E-state index is 14.3. The number of carbonyl (C=O) groups excluding carboxylic acids is 3. The summed E-state index contributed by atoms with van der Waals surface area (Å²) in [7, 11) is 1.53. The number of terminal acetylenes is 1. The zero-order valence-electron chi connectivity index (χ0n) is 40.1. The first-order valence-corrected chi connectivity index (χ1v) is 24.1. The van der Waals surface area contributed by atoms with Crippen LogP contribution in [-0.2, 0) is 22.6 Å². The van der Waals surface area contributed by atoms with Gasteiger partial charge in [0, 0.05) is 86.2 Å². The molecule has 2 aromatic carbocycles. The first-order valence-electron chi connectivity index (χ1n) is 24.1. The summed E-state index contributed by atoms with van der Waals surface area (Å²) in [5.74, 6) is 3.54. The molecule has 0 saturated carbocycles. The number of fused-ring (bicyclic) bond motifs is 3. The predicted molar refractivity (Wildman–Crippen MR) is 261 cm³/mol. The van der Waals surface area contributed by atoms with Crippen molar-refractivity contribution in [2.45, 2.75) is 109 Å². The molecule has 0 aliphatic carbocycles. The number of aromatic amines is 1. The predicted octanol–water partition coefficient (Wildman–Crippen LogP) is 5.28. The average Bonchev–Trinajstić information content (AvgIpc) is 3.95. The van der Waals surface area contributed by atoms with Gasteiger partial charge < -0.3 is 50.2 Å². The highest BCUT2D eigenvalue weighted by Crippen LogP contribution is 2.39. The van der Waals surface area contributed by atoms with Crippen molar-refractivity contribution in [2.75, 3.05) is 51.3 Å². The Balaban J connectivity index is 0.760. The van der Waals surface area contributed by atoms with E-state index < -0.39 is 29.5 Å². The van der Waals surface area contributed by atoms with Gasteiger partial charge in [-0.05, 0) is 98.5 Å². The number of nitrogens with zero attached hydrogens (tertiary/aromatic N) is 8. The van der Waals surface area contributed by atoms with Crippen LogP contribution in [0.2, 0.25) is 0 Å². The monoisotopic (exact) mass is 937 g/mol. The van der Waals surface area contributed by atoms with E-state index in [1.54, 1.807) is 35.2 Å². The number of hydrogen-bond acceptors (Lipinski definition) is 12. The standard InChI is InChI=1S/C52H63N11O6/c1-7-33-13-12-32(24-44(33)69-6)27-53-48(66)42-25-37(64)30-63(42)49(67)46(52(3,4)5)57-51(68)61-21-16-36(17-22-61)60-19-14-34(15-20-60)35-28-54-50(55-29-35)62-23-18-40-45(31(62)2)39-26-41(58-59-47(39)56-40)38-10-8-9-11-43(38)65/h1,8-13,24,26,28-29,31,34,36-37,42,46,64-65H,14-23,25,27,30H2,2-6H3,(H,53,66)(H,56,59)(H,57,68)/t31-,37-,42+,46-/m1/s1. The number of amides is 4. The van der Waals surface area contributed by atoms with Crippen LogP contribution in [0.4, 0.5) is 10.7 Å². The molecule has 0 bridgehead atoms. The number of nitrogens with one attached hydrogen (secondary N) is 3. The second-order valence-electron chi connectivity index (χ2n) is 20.0. The molecule has 5 aromatic rings. The SMILES string of the molecule is C#Cc1ccc(CNC(=O)[C@@H]2C[C@@H](O)CN2C(=O)[C@@H](NC(=O)N2CCC(N3CCC(c4cnc(N5CCc6[nH]c7nnc(-c8ccccc8O)cc7c6[C@H]5C)nc4)CC3)CC2)C(C)(C)C)cc1OC. The molecule has 69 heavy (non-hydrogen) atoms. The number of aromatic hydroxyl groups is 1. The summed E-state index contributed by atoms with van der Waals surface area (Å²) in [4.78, 5) is 62.9. The molecule has 4 amide bonds. The quantitative estimate of drug-likeness (QED) is 0.114. The number of likely N-dealkylation sites (tertiary alicyclic amines) is 3. The fourth-order valence-electron chi connectivity index (χ4n) is 10.7. The van der Waals surface area contributed by atoms with Crippen LogP contribution in [0.3, 0.4) is 0 Å². The van der Waals surface area contributed by atoms with Gasteiger partial charge in [0.15, 0.2) is 5.65 Å². The van der Waals surface area contributed by atoms with Crippen molar-refractivity contribution in [1.29, 1.82) is 0 Å². The molecule has 17 nitrogen and oxygen atoms in total. The first kappa shape index (κ1) is 47.3. The van der Waals surface area contributed by atoms with Gasteiger partial charge in [0.2, 0.25) is 17.8 Å². The third-order valence-electron chi connectivity index (χ3n) is 14.7. The number of methoxy groups -OCH3 is 1. The van der Waals surface area contributed by atoms with Crippen LogP contribution >= 0.6 is 0 Å². The lowest BCUT2D eigenvalue weighted by atomic mass is 9.85. The van der Waals surface area contributed by atoms with Gasteiger partial charge in [-0.15, -0.1) is 16.6 Å². The number of aliphatic hydroxyl groups excluding tert-OH is 1. The van der Waals surface area contributed by atoms with Gasteiger partial charge in [0.05, 0.1) is 30.5 Å². The Morgan fingerprint density at radius 2 is 1.72 bits per heavy atom. The highest BCUT2D eigenvalue weighted by atomic mass is 16.5. The summed E-state index contributed by atoms with van der Waals surface area (Å²) < 4.78 is 5.38. The smallest absolute Gasteiger partial charge is 0.318 e. The van der Waals surface area contributed by atoms with Crippen LogP contribution in [0, 0.1) is 17.8 Å². The van der Waals surface area contributed by atoms with Crippen LogP contribution < -0.4 is 20.3 Å². The molecule has 3 fully saturated rings. The molecule has 0 radical (unpaired) electrons. The molecule has 9 rings (SSSR count). The molecular weight excluding hydrogens is 875 g/mol. The molecule has 362 valence electrons. The van der Waals surface area contributed by atoms with Crippen molar-refractivity contribution in [3.8, 4) is 35.1 Å². The zero-order chi connectivity index (χ0) is 48.6. The lowest BCUT2D eigenvalue weighted by Gasteiger charge is -2.42. The number of H-pyrrole nitrogens is 1. The van der Waals surface area contributed by atoms with Gasteiger partial charge in [0.25, 0.3) is 0 Å². The molecule has 17 heteroatoms. The number of rotatable bonds is 10. The van der Waals surface area contributed by atoms with E-state index in [-0.39, 0.29) is 43.2 Å². The molecule has 0 unspecified atom stereocenters. The Kier molecular flexibility index (Phi) is 13.5. The number of aliphatic hydroxyl groups is 1. The minimum absolute atomic E-state index is 0.00213. The molecule has 4 aliphatic rings. The van der Waals surface area contributed by atoms with Gasteiger partial charge in [0.1, 0.15) is 23.6 Å². The summed E-state index contributed by atoms with van der Waals surface area (Å²) in [6, 6.07) is 12.7. The van der Waals surface area contributed by atoms with Crippen LogP contribution in [-0.4, -0.2) is 139 Å². The van der Waals surface area contributed by atoms with Gasteiger partial charge in [-0.3, -0.25) is 9.59 Å². The number of carbonyl (C=O) groups is 3. The molecule has 4 aliphatic heterocycles. The Morgan fingerprint density at radius 3 is 2.42 bits per heavy atom. The number of anilines is 1. The minimum atomic E-state index is -0.919. The third kappa shape index (κ3) is 9.78. The summed E-state index contributed by atoms with van der Waals surface area (Å²) >= 11 is 0.